The molecule has 1 aromatic heterocycles. The molecule has 0 unspecified atom stereocenters. The predicted octanol–water partition coefficient (Wildman–Crippen LogP) is 3.36. The smallest absolute Gasteiger partial charge is 0.266 e. The fraction of sp³-hybridized carbons (Fsp3) is 0.263. The second-order valence-electron chi connectivity index (χ2n) is 5.85. The Hall–Kier alpha value is -2.45. The summed E-state index contributed by atoms with van der Waals surface area (Å²) in [5, 5.41) is 0.292. The normalized spacial score (nSPS) is 11.5. The molecule has 0 aliphatic rings. The standard InChI is InChI=1S/C19H21N3O3S2/c1-3-21(4-2)18(23)14-22(27(24,25)15-10-6-5-7-11-15)19-20-16-12-8-9-13-17(16)26-19/h5-13H,3-4,14H2,1-2H3. The zero-order valence-corrected chi connectivity index (χ0v) is 16.8. The third-order valence-electron chi connectivity index (χ3n) is 4.22. The number of sulfonamides is 1. The van der Waals surface area contributed by atoms with Crippen LogP contribution in [0.15, 0.2) is 59.5 Å². The summed E-state index contributed by atoms with van der Waals surface area (Å²) in [6, 6.07) is 15.6. The largest absolute Gasteiger partial charge is 0.342 e. The van der Waals surface area contributed by atoms with Crippen LogP contribution in [-0.4, -0.2) is 43.8 Å². The van der Waals surface area contributed by atoms with Gasteiger partial charge in [-0.2, -0.15) is 0 Å². The van der Waals surface area contributed by atoms with Gasteiger partial charge in [-0.15, -0.1) is 0 Å². The van der Waals surface area contributed by atoms with E-state index in [4.69, 9.17) is 0 Å². The van der Waals surface area contributed by atoms with Gasteiger partial charge in [0.2, 0.25) is 11.0 Å². The molecule has 142 valence electrons. The zero-order valence-electron chi connectivity index (χ0n) is 15.2. The molecule has 0 fully saturated rings. The Morgan fingerprint density at radius 2 is 1.63 bits per heavy atom. The van der Waals surface area contributed by atoms with Gasteiger partial charge in [-0.1, -0.05) is 41.7 Å². The average molecular weight is 404 g/mol. The number of hydrogen-bond acceptors (Lipinski definition) is 5. The minimum atomic E-state index is -3.91. The van der Waals surface area contributed by atoms with E-state index in [0.717, 1.165) is 9.01 Å². The molecule has 0 radical (unpaired) electrons. The molecule has 0 saturated carbocycles. The Morgan fingerprint density at radius 1 is 1.00 bits per heavy atom. The van der Waals surface area contributed by atoms with Gasteiger partial charge >= 0.3 is 0 Å². The van der Waals surface area contributed by atoms with E-state index in [1.165, 1.54) is 23.5 Å². The molecule has 0 bridgehead atoms. The first-order valence-electron chi connectivity index (χ1n) is 8.68. The van der Waals surface area contributed by atoms with E-state index < -0.39 is 10.0 Å². The number of thiazole rings is 1. The Balaban J connectivity index is 2.07. The molecule has 0 saturated heterocycles. The number of carbonyl (C=O) groups is 1. The average Bonchev–Trinajstić information content (AvgIpc) is 3.11. The second-order valence-corrected chi connectivity index (χ2v) is 8.73. The van der Waals surface area contributed by atoms with Crippen molar-refractivity contribution in [3.63, 3.8) is 0 Å². The summed E-state index contributed by atoms with van der Waals surface area (Å²) in [5.74, 6) is -0.251. The van der Waals surface area contributed by atoms with Gasteiger partial charge in [0.15, 0.2) is 0 Å². The van der Waals surface area contributed by atoms with Crippen molar-refractivity contribution in [1.82, 2.24) is 9.88 Å². The molecule has 0 N–H and O–H groups in total. The van der Waals surface area contributed by atoms with Crippen LogP contribution >= 0.6 is 11.3 Å². The fourth-order valence-corrected chi connectivity index (χ4v) is 5.30. The summed E-state index contributed by atoms with van der Waals surface area (Å²) in [6.45, 7) is 4.51. The van der Waals surface area contributed by atoms with Crippen molar-refractivity contribution in [1.29, 1.82) is 0 Å². The first-order chi connectivity index (χ1) is 13.0. The van der Waals surface area contributed by atoms with Crippen LogP contribution in [-0.2, 0) is 14.8 Å². The van der Waals surface area contributed by atoms with E-state index in [1.54, 1.807) is 23.1 Å². The van der Waals surface area contributed by atoms with E-state index in [1.807, 2.05) is 38.1 Å². The van der Waals surface area contributed by atoms with Crippen molar-refractivity contribution >= 4 is 42.6 Å². The van der Waals surface area contributed by atoms with Crippen LogP contribution in [0.3, 0.4) is 0 Å². The lowest BCUT2D eigenvalue weighted by molar-refractivity contribution is -0.129. The van der Waals surface area contributed by atoms with Crippen LogP contribution in [0.25, 0.3) is 10.2 Å². The molecule has 0 atom stereocenters. The molecule has 8 heteroatoms. The summed E-state index contributed by atoms with van der Waals surface area (Å²) in [4.78, 5) is 18.9. The number of anilines is 1. The monoisotopic (exact) mass is 403 g/mol. The number of carbonyl (C=O) groups excluding carboxylic acids is 1. The summed E-state index contributed by atoms with van der Waals surface area (Å²) in [5.41, 5.74) is 0.709. The highest BCUT2D eigenvalue weighted by molar-refractivity contribution is 7.93. The molecule has 3 rings (SSSR count). The number of rotatable bonds is 7. The van der Waals surface area contributed by atoms with Gasteiger partial charge in [-0.05, 0) is 38.1 Å². The molecular weight excluding hydrogens is 382 g/mol. The number of likely N-dealkylation sites (N-methyl/N-ethyl adjacent to an activating group) is 1. The Bertz CT molecular complexity index is 996. The first kappa shape index (κ1) is 19.3. The Morgan fingerprint density at radius 3 is 2.26 bits per heavy atom. The summed E-state index contributed by atoms with van der Waals surface area (Å²) >= 11 is 1.26. The quantitative estimate of drug-likeness (QED) is 0.606. The summed E-state index contributed by atoms with van der Waals surface area (Å²) in [7, 11) is -3.91. The molecule has 0 aliphatic carbocycles. The molecule has 1 amide bonds. The van der Waals surface area contributed by atoms with E-state index in [2.05, 4.69) is 4.98 Å². The Kier molecular flexibility index (Phi) is 5.76. The van der Waals surface area contributed by atoms with Crippen molar-refractivity contribution in [3.8, 4) is 0 Å². The van der Waals surface area contributed by atoms with Crippen molar-refractivity contribution in [2.75, 3.05) is 23.9 Å². The van der Waals surface area contributed by atoms with Gasteiger partial charge in [0.25, 0.3) is 10.0 Å². The van der Waals surface area contributed by atoms with E-state index in [-0.39, 0.29) is 17.3 Å². The summed E-state index contributed by atoms with van der Waals surface area (Å²) < 4.78 is 28.5. The minimum absolute atomic E-state index is 0.136. The van der Waals surface area contributed by atoms with Crippen LogP contribution in [0.2, 0.25) is 0 Å². The van der Waals surface area contributed by atoms with E-state index in [0.29, 0.717) is 23.7 Å². The van der Waals surface area contributed by atoms with Crippen LogP contribution in [0.4, 0.5) is 5.13 Å². The van der Waals surface area contributed by atoms with E-state index >= 15 is 0 Å². The molecule has 0 aliphatic heterocycles. The predicted molar refractivity (Wildman–Crippen MR) is 109 cm³/mol. The van der Waals surface area contributed by atoms with Crippen molar-refractivity contribution in [3.05, 3.63) is 54.6 Å². The number of hydrogen-bond donors (Lipinski definition) is 0. The van der Waals surface area contributed by atoms with Crippen LogP contribution in [0, 0.1) is 0 Å². The van der Waals surface area contributed by atoms with Gasteiger partial charge in [0.05, 0.1) is 15.1 Å². The lowest BCUT2D eigenvalue weighted by Crippen LogP contribution is -2.43. The van der Waals surface area contributed by atoms with Gasteiger partial charge in [0.1, 0.15) is 6.54 Å². The van der Waals surface area contributed by atoms with E-state index in [9.17, 15) is 13.2 Å². The number of amides is 1. The number of nitrogens with zero attached hydrogens (tertiary/aromatic N) is 3. The molecule has 6 nitrogen and oxygen atoms in total. The van der Waals surface area contributed by atoms with Gasteiger partial charge in [0, 0.05) is 13.1 Å². The van der Waals surface area contributed by atoms with Gasteiger partial charge in [-0.3, -0.25) is 4.79 Å². The maximum Gasteiger partial charge on any atom is 0.266 e. The highest BCUT2D eigenvalue weighted by Gasteiger charge is 2.30. The maximum atomic E-state index is 13.3. The first-order valence-corrected chi connectivity index (χ1v) is 10.9. The summed E-state index contributed by atoms with van der Waals surface area (Å²) in [6.07, 6.45) is 0. The van der Waals surface area contributed by atoms with Gasteiger partial charge in [-0.25, -0.2) is 17.7 Å². The van der Waals surface area contributed by atoms with Crippen LogP contribution in [0.5, 0.6) is 0 Å². The Labute approximate surface area is 163 Å². The number of fused-ring (bicyclic) bond motifs is 1. The topological polar surface area (TPSA) is 70.6 Å². The molecule has 2 aromatic carbocycles. The molecular formula is C19H21N3O3S2. The maximum absolute atomic E-state index is 13.3. The highest BCUT2D eigenvalue weighted by Crippen LogP contribution is 2.32. The molecule has 0 spiro atoms. The molecule has 3 aromatic rings. The van der Waals surface area contributed by atoms with Crippen molar-refractivity contribution in [2.24, 2.45) is 0 Å². The number of aromatic nitrogens is 1. The second kappa shape index (κ2) is 8.06. The lowest BCUT2D eigenvalue weighted by Gasteiger charge is -2.25. The van der Waals surface area contributed by atoms with Crippen molar-refractivity contribution in [2.45, 2.75) is 18.7 Å². The van der Waals surface area contributed by atoms with Gasteiger partial charge < -0.3 is 4.90 Å². The van der Waals surface area contributed by atoms with Crippen molar-refractivity contribution < 1.29 is 13.2 Å². The third-order valence-corrected chi connectivity index (χ3v) is 7.15. The minimum Gasteiger partial charge on any atom is -0.342 e. The molecule has 27 heavy (non-hydrogen) atoms. The third kappa shape index (κ3) is 3.96. The zero-order chi connectivity index (χ0) is 19.4. The SMILES string of the molecule is CCN(CC)C(=O)CN(c1nc2ccccc2s1)S(=O)(=O)c1ccccc1. The van der Waals surface area contributed by atoms with Crippen LogP contribution < -0.4 is 4.31 Å². The lowest BCUT2D eigenvalue weighted by atomic mass is 10.3. The fourth-order valence-electron chi connectivity index (χ4n) is 2.74. The van der Waals surface area contributed by atoms with Crippen LogP contribution in [0.1, 0.15) is 13.8 Å². The number of benzene rings is 2. The molecule has 1 heterocycles. The number of para-hydroxylation sites is 1. The highest BCUT2D eigenvalue weighted by atomic mass is 32.2.